The van der Waals surface area contributed by atoms with Crippen molar-refractivity contribution in [2.45, 2.75) is 50.8 Å². The lowest BCUT2D eigenvalue weighted by Gasteiger charge is -2.31. The molecular weight excluding hydrogens is 503 g/mol. The number of nitrogens with zero attached hydrogens (tertiary/aromatic N) is 1. The smallest absolute Gasteiger partial charge is 0.407 e. The number of aromatic nitrogens is 2. The molecule has 10 heteroatoms. The molecule has 0 radical (unpaired) electrons. The maximum absolute atomic E-state index is 12.5. The summed E-state index contributed by atoms with van der Waals surface area (Å²) in [6.45, 7) is 0.566. The molecule has 2 aromatic carbocycles. The number of rotatable bonds is 9. The number of hydrogen-bond donors (Lipinski definition) is 3. The zero-order valence-electron chi connectivity index (χ0n) is 20.3. The number of anilines is 1. The van der Waals surface area contributed by atoms with Crippen LogP contribution in [0, 0.1) is 0 Å². The molecule has 3 N–H and O–H groups in total. The van der Waals surface area contributed by atoms with Gasteiger partial charge in [0.15, 0.2) is 0 Å². The van der Waals surface area contributed by atoms with Gasteiger partial charge < -0.3 is 24.8 Å². The fourth-order valence-corrected chi connectivity index (χ4v) is 5.11. The zero-order valence-corrected chi connectivity index (χ0v) is 21.8. The molecule has 1 saturated carbocycles. The van der Waals surface area contributed by atoms with Gasteiger partial charge in [0.05, 0.1) is 24.3 Å². The third kappa shape index (κ3) is 6.17. The molecule has 1 aromatic heterocycles. The van der Waals surface area contributed by atoms with E-state index >= 15 is 0 Å². The monoisotopic (exact) mass is 532 g/mol. The first kappa shape index (κ1) is 26.0. The van der Waals surface area contributed by atoms with Crippen LogP contribution in [0.2, 0.25) is 10.0 Å². The molecule has 0 saturated heterocycles. The topological polar surface area (TPSA) is 97.5 Å². The van der Waals surface area contributed by atoms with E-state index in [9.17, 15) is 4.79 Å². The average Bonchev–Trinajstić information content (AvgIpc) is 3.37. The number of amides is 1. The molecule has 1 fully saturated rings. The third-order valence-electron chi connectivity index (χ3n) is 6.39. The molecule has 0 unspecified atom stereocenters. The van der Waals surface area contributed by atoms with Crippen LogP contribution < -0.4 is 20.1 Å². The van der Waals surface area contributed by atoms with E-state index in [1.807, 2.05) is 36.4 Å². The average molecular weight is 533 g/mol. The van der Waals surface area contributed by atoms with Crippen LogP contribution in [0.1, 0.15) is 48.4 Å². The van der Waals surface area contributed by atoms with Crippen molar-refractivity contribution < 1.29 is 19.0 Å². The molecule has 0 bridgehead atoms. The van der Waals surface area contributed by atoms with E-state index in [1.165, 1.54) is 14.2 Å². The Hall–Kier alpha value is -3.10. The lowest BCUT2D eigenvalue weighted by molar-refractivity contribution is 0.131. The van der Waals surface area contributed by atoms with E-state index in [2.05, 4.69) is 20.8 Å². The van der Waals surface area contributed by atoms with Gasteiger partial charge in [-0.05, 0) is 18.4 Å². The van der Waals surface area contributed by atoms with Gasteiger partial charge in [0.2, 0.25) is 0 Å². The molecule has 1 heterocycles. The number of carbonyl (C=O) groups excluding carboxylic acids is 1. The van der Waals surface area contributed by atoms with Crippen molar-refractivity contribution in [3.05, 3.63) is 69.3 Å². The molecule has 192 valence electrons. The van der Waals surface area contributed by atoms with Crippen LogP contribution in [0.25, 0.3) is 0 Å². The minimum absolute atomic E-state index is 0.0399. The highest BCUT2D eigenvalue weighted by atomic mass is 35.5. The molecule has 36 heavy (non-hydrogen) atoms. The lowest BCUT2D eigenvalue weighted by Crippen LogP contribution is -2.41. The van der Waals surface area contributed by atoms with E-state index in [-0.39, 0.29) is 18.6 Å². The van der Waals surface area contributed by atoms with Gasteiger partial charge in [-0.15, -0.1) is 0 Å². The lowest BCUT2D eigenvalue weighted by atomic mass is 9.82. The SMILES string of the molecule is COc1cc(OC)c(Cl)c(CNc2cc([C@@H]3CCCC[C@H]3NC(=O)OCc3ccccc3)[nH]n2)c1Cl. The van der Waals surface area contributed by atoms with Crippen LogP contribution in [0.5, 0.6) is 11.5 Å². The summed E-state index contributed by atoms with van der Waals surface area (Å²) < 4.78 is 16.1. The van der Waals surface area contributed by atoms with Gasteiger partial charge >= 0.3 is 6.09 Å². The number of H-pyrrole nitrogens is 1. The van der Waals surface area contributed by atoms with Crippen LogP contribution in [-0.2, 0) is 17.9 Å². The Labute approximate surface area is 220 Å². The molecule has 8 nitrogen and oxygen atoms in total. The Kier molecular flexibility index (Phi) is 8.83. The molecular formula is C26H30Cl2N4O4. The predicted molar refractivity (Wildman–Crippen MR) is 140 cm³/mol. The van der Waals surface area contributed by atoms with Crippen molar-refractivity contribution in [2.75, 3.05) is 19.5 Å². The van der Waals surface area contributed by atoms with Gasteiger partial charge in [-0.25, -0.2) is 4.79 Å². The number of nitrogens with one attached hydrogen (secondary N) is 3. The van der Waals surface area contributed by atoms with Gasteiger partial charge in [-0.3, -0.25) is 5.10 Å². The summed E-state index contributed by atoms with van der Waals surface area (Å²) in [4.78, 5) is 12.5. The van der Waals surface area contributed by atoms with Gasteiger partial charge in [0.1, 0.15) is 23.9 Å². The van der Waals surface area contributed by atoms with Gasteiger partial charge in [0, 0.05) is 41.9 Å². The van der Waals surface area contributed by atoms with Crippen LogP contribution in [-0.4, -0.2) is 36.6 Å². The normalized spacial score (nSPS) is 17.3. The highest BCUT2D eigenvalue weighted by Gasteiger charge is 2.30. The van der Waals surface area contributed by atoms with Crippen molar-refractivity contribution in [3.63, 3.8) is 0 Å². The Morgan fingerprint density at radius 1 is 1.06 bits per heavy atom. The van der Waals surface area contributed by atoms with Gasteiger partial charge in [-0.2, -0.15) is 5.10 Å². The number of methoxy groups -OCH3 is 2. The molecule has 0 spiro atoms. The second-order valence-corrected chi connectivity index (χ2v) is 9.41. The predicted octanol–water partition coefficient (Wildman–Crippen LogP) is 6.30. The summed E-state index contributed by atoms with van der Waals surface area (Å²) >= 11 is 13.0. The maximum Gasteiger partial charge on any atom is 0.407 e. The Balaban J connectivity index is 1.39. The second kappa shape index (κ2) is 12.2. The van der Waals surface area contributed by atoms with Crippen molar-refractivity contribution in [3.8, 4) is 11.5 Å². The molecule has 1 aliphatic carbocycles. The van der Waals surface area contributed by atoms with E-state index in [0.717, 1.165) is 36.9 Å². The number of benzene rings is 2. The summed E-state index contributed by atoms with van der Waals surface area (Å²) in [6, 6.07) is 13.2. The van der Waals surface area contributed by atoms with Gasteiger partial charge in [-0.1, -0.05) is 66.4 Å². The second-order valence-electron chi connectivity index (χ2n) is 8.65. The summed E-state index contributed by atoms with van der Waals surface area (Å²) in [5.74, 6) is 1.71. The summed E-state index contributed by atoms with van der Waals surface area (Å²) in [5.41, 5.74) is 2.55. The van der Waals surface area contributed by atoms with Crippen molar-refractivity contribution >= 4 is 35.1 Å². The van der Waals surface area contributed by atoms with E-state index in [4.69, 9.17) is 37.4 Å². The highest BCUT2D eigenvalue weighted by molar-refractivity contribution is 6.37. The number of hydrogen-bond acceptors (Lipinski definition) is 6. The fraction of sp³-hybridized carbons (Fsp3) is 0.385. The van der Waals surface area contributed by atoms with Crippen molar-refractivity contribution in [2.24, 2.45) is 0 Å². The molecule has 4 rings (SSSR count). The summed E-state index contributed by atoms with van der Waals surface area (Å²) in [7, 11) is 3.08. The number of aromatic amines is 1. The van der Waals surface area contributed by atoms with E-state index in [1.54, 1.807) is 6.07 Å². The summed E-state index contributed by atoms with van der Waals surface area (Å²) in [5, 5.41) is 14.7. The fourth-order valence-electron chi connectivity index (χ4n) is 4.48. The number of carbonyl (C=O) groups is 1. The first-order chi connectivity index (χ1) is 17.5. The highest BCUT2D eigenvalue weighted by Crippen LogP contribution is 2.40. The van der Waals surface area contributed by atoms with Crippen LogP contribution in [0.4, 0.5) is 10.6 Å². The first-order valence-corrected chi connectivity index (χ1v) is 12.6. The minimum atomic E-state index is -0.412. The maximum atomic E-state index is 12.5. The number of ether oxygens (including phenoxy) is 3. The molecule has 1 aliphatic rings. The Morgan fingerprint density at radius 3 is 2.44 bits per heavy atom. The van der Waals surface area contributed by atoms with E-state index < -0.39 is 6.09 Å². The van der Waals surface area contributed by atoms with Crippen LogP contribution in [0.3, 0.4) is 0 Å². The molecule has 3 aromatic rings. The summed E-state index contributed by atoms with van der Waals surface area (Å²) in [6.07, 6.45) is 3.54. The Morgan fingerprint density at radius 2 is 1.75 bits per heavy atom. The quantitative estimate of drug-likeness (QED) is 0.299. The molecule has 2 atom stereocenters. The van der Waals surface area contributed by atoms with Crippen LogP contribution in [0.15, 0.2) is 42.5 Å². The minimum Gasteiger partial charge on any atom is -0.495 e. The van der Waals surface area contributed by atoms with Crippen molar-refractivity contribution in [1.29, 1.82) is 0 Å². The Bertz CT molecular complexity index is 1140. The standard InChI is InChI=1S/C26H30Cl2N4O4/c1-34-21-13-22(35-2)25(28)18(24(21)27)14-29-23-12-20(31-32-23)17-10-6-7-11-19(17)30-26(33)36-15-16-8-4-3-5-9-16/h3-5,8-9,12-13,17,19H,6-7,10-11,14-15H2,1-2H3,(H,30,33)(H2,29,31,32)/t17-,19-/m1/s1. The number of alkyl carbamates (subject to hydrolysis) is 1. The largest absolute Gasteiger partial charge is 0.495 e. The van der Waals surface area contributed by atoms with Crippen molar-refractivity contribution in [1.82, 2.24) is 15.5 Å². The molecule has 0 aliphatic heterocycles. The van der Waals surface area contributed by atoms with E-state index in [0.29, 0.717) is 39.5 Å². The number of halogens is 2. The molecule has 1 amide bonds. The van der Waals surface area contributed by atoms with Gasteiger partial charge in [0.25, 0.3) is 0 Å². The zero-order chi connectivity index (χ0) is 25.5. The first-order valence-electron chi connectivity index (χ1n) is 11.9. The third-order valence-corrected chi connectivity index (χ3v) is 7.22. The van der Waals surface area contributed by atoms with Crippen LogP contribution >= 0.6 is 23.2 Å².